The molecular formula is C18H21ClFN3O. The van der Waals surface area contributed by atoms with Gasteiger partial charge >= 0.3 is 0 Å². The van der Waals surface area contributed by atoms with Crippen molar-refractivity contribution in [2.45, 2.75) is 32.3 Å². The fourth-order valence-corrected chi connectivity index (χ4v) is 3.19. The predicted molar refractivity (Wildman–Crippen MR) is 91.9 cm³/mol. The third-order valence-corrected chi connectivity index (χ3v) is 4.73. The first-order valence-corrected chi connectivity index (χ1v) is 8.65. The molecule has 4 nitrogen and oxygen atoms in total. The van der Waals surface area contributed by atoms with Crippen molar-refractivity contribution in [1.82, 2.24) is 14.9 Å². The highest BCUT2D eigenvalue weighted by molar-refractivity contribution is 6.30. The number of piperidine rings is 1. The standard InChI is InChI=1S/C18H21ClFN3O/c1-2-23-9-5-13(6-10-23)17-18(22-8-7-21-17)24-12-14-3-4-15(19)11-16(14)20/h3-4,7-8,11,13H,2,5-6,9-10,12H2,1H3. The number of hydrogen-bond acceptors (Lipinski definition) is 4. The Morgan fingerprint density at radius 1 is 1.25 bits per heavy atom. The van der Waals surface area contributed by atoms with Gasteiger partial charge in [0.25, 0.3) is 0 Å². The Kier molecular flexibility index (Phi) is 5.63. The maximum Gasteiger partial charge on any atom is 0.236 e. The van der Waals surface area contributed by atoms with Gasteiger partial charge in [0.05, 0.1) is 0 Å². The highest BCUT2D eigenvalue weighted by Crippen LogP contribution is 2.31. The van der Waals surface area contributed by atoms with E-state index < -0.39 is 0 Å². The van der Waals surface area contributed by atoms with Crippen molar-refractivity contribution >= 4 is 11.6 Å². The van der Waals surface area contributed by atoms with E-state index in [0.717, 1.165) is 38.2 Å². The molecule has 0 unspecified atom stereocenters. The van der Waals surface area contributed by atoms with Crippen LogP contribution in [0.5, 0.6) is 5.88 Å². The summed E-state index contributed by atoms with van der Waals surface area (Å²) in [5.74, 6) is 0.470. The van der Waals surface area contributed by atoms with Crippen LogP contribution in [0.2, 0.25) is 5.02 Å². The lowest BCUT2D eigenvalue weighted by Crippen LogP contribution is -2.33. The van der Waals surface area contributed by atoms with Crippen LogP contribution in [0, 0.1) is 5.82 Å². The van der Waals surface area contributed by atoms with Crippen molar-refractivity contribution in [2.24, 2.45) is 0 Å². The maximum absolute atomic E-state index is 13.9. The first-order valence-electron chi connectivity index (χ1n) is 8.27. The van der Waals surface area contributed by atoms with Crippen molar-refractivity contribution in [3.05, 3.63) is 52.7 Å². The van der Waals surface area contributed by atoms with E-state index in [2.05, 4.69) is 21.8 Å². The Balaban J connectivity index is 1.70. The van der Waals surface area contributed by atoms with Crippen LogP contribution < -0.4 is 4.74 Å². The normalized spacial score (nSPS) is 16.3. The molecule has 0 N–H and O–H groups in total. The number of likely N-dealkylation sites (tertiary alicyclic amines) is 1. The number of hydrogen-bond donors (Lipinski definition) is 0. The smallest absolute Gasteiger partial charge is 0.236 e. The number of benzene rings is 1. The highest BCUT2D eigenvalue weighted by atomic mass is 35.5. The van der Waals surface area contributed by atoms with Crippen molar-refractivity contribution in [2.75, 3.05) is 19.6 Å². The Morgan fingerprint density at radius 3 is 2.71 bits per heavy atom. The summed E-state index contributed by atoms with van der Waals surface area (Å²) in [6, 6.07) is 4.58. The molecule has 1 fully saturated rings. The van der Waals surface area contributed by atoms with Crippen molar-refractivity contribution in [3.63, 3.8) is 0 Å². The molecule has 1 aliphatic heterocycles. The van der Waals surface area contributed by atoms with Gasteiger partial charge in [0.1, 0.15) is 18.1 Å². The van der Waals surface area contributed by atoms with Crippen LogP contribution in [-0.4, -0.2) is 34.5 Å². The van der Waals surface area contributed by atoms with E-state index >= 15 is 0 Å². The molecule has 0 atom stereocenters. The molecule has 2 aromatic rings. The monoisotopic (exact) mass is 349 g/mol. The van der Waals surface area contributed by atoms with Crippen LogP contribution in [0.3, 0.4) is 0 Å². The molecule has 0 amide bonds. The zero-order valence-electron chi connectivity index (χ0n) is 13.7. The molecule has 24 heavy (non-hydrogen) atoms. The van der Waals surface area contributed by atoms with Gasteiger partial charge in [0.2, 0.25) is 5.88 Å². The van der Waals surface area contributed by atoms with Gasteiger partial charge < -0.3 is 9.64 Å². The summed E-state index contributed by atoms with van der Waals surface area (Å²) >= 11 is 5.78. The lowest BCUT2D eigenvalue weighted by molar-refractivity contribution is 0.214. The van der Waals surface area contributed by atoms with Crippen molar-refractivity contribution in [1.29, 1.82) is 0 Å². The molecule has 0 radical (unpaired) electrons. The van der Waals surface area contributed by atoms with Crippen LogP contribution in [0.25, 0.3) is 0 Å². The minimum atomic E-state index is -0.371. The fraction of sp³-hybridized carbons (Fsp3) is 0.444. The van der Waals surface area contributed by atoms with Crippen LogP contribution in [-0.2, 0) is 6.61 Å². The third-order valence-electron chi connectivity index (χ3n) is 4.49. The van der Waals surface area contributed by atoms with E-state index in [-0.39, 0.29) is 12.4 Å². The van der Waals surface area contributed by atoms with E-state index in [1.165, 1.54) is 6.07 Å². The SMILES string of the molecule is CCN1CCC(c2nccnc2OCc2ccc(Cl)cc2F)CC1. The largest absolute Gasteiger partial charge is 0.471 e. The average molecular weight is 350 g/mol. The molecule has 0 spiro atoms. The Bertz CT molecular complexity index is 690. The first-order chi connectivity index (χ1) is 11.7. The quantitative estimate of drug-likeness (QED) is 0.816. The van der Waals surface area contributed by atoms with Gasteiger partial charge in [-0.1, -0.05) is 24.6 Å². The Morgan fingerprint density at radius 2 is 2.00 bits per heavy atom. The summed E-state index contributed by atoms with van der Waals surface area (Å²) in [5, 5.41) is 0.374. The highest BCUT2D eigenvalue weighted by Gasteiger charge is 2.24. The molecule has 0 aliphatic carbocycles. The number of halogens is 2. The maximum atomic E-state index is 13.9. The number of ether oxygens (including phenoxy) is 1. The van der Waals surface area contributed by atoms with Gasteiger partial charge in [-0.2, -0.15) is 0 Å². The second kappa shape index (κ2) is 7.90. The molecule has 1 aliphatic rings. The summed E-state index contributed by atoms with van der Waals surface area (Å²) in [4.78, 5) is 11.2. The Hall–Kier alpha value is -1.72. The van der Waals surface area contributed by atoms with Gasteiger partial charge in [0, 0.05) is 28.9 Å². The van der Waals surface area contributed by atoms with E-state index in [9.17, 15) is 4.39 Å². The average Bonchev–Trinajstić information content (AvgIpc) is 2.61. The summed E-state index contributed by atoms with van der Waals surface area (Å²) in [7, 11) is 0. The molecule has 1 saturated heterocycles. The van der Waals surface area contributed by atoms with Crippen LogP contribution in [0.1, 0.15) is 36.9 Å². The van der Waals surface area contributed by atoms with E-state index in [1.54, 1.807) is 24.5 Å². The first kappa shape index (κ1) is 17.1. The number of rotatable bonds is 5. The minimum Gasteiger partial charge on any atom is -0.471 e. The lowest BCUT2D eigenvalue weighted by Gasteiger charge is -2.30. The second-order valence-electron chi connectivity index (χ2n) is 5.98. The third kappa shape index (κ3) is 4.02. The van der Waals surface area contributed by atoms with Crippen molar-refractivity contribution < 1.29 is 9.13 Å². The molecular weight excluding hydrogens is 329 g/mol. The number of aromatic nitrogens is 2. The van der Waals surface area contributed by atoms with Gasteiger partial charge in [0.15, 0.2) is 0 Å². The molecule has 1 aromatic heterocycles. The Labute approximate surface area is 146 Å². The zero-order chi connectivity index (χ0) is 16.9. The summed E-state index contributed by atoms with van der Waals surface area (Å²) < 4.78 is 19.7. The summed E-state index contributed by atoms with van der Waals surface area (Å²) in [6.07, 6.45) is 5.38. The van der Waals surface area contributed by atoms with Crippen LogP contribution >= 0.6 is 11.6 Å². The van der Waals surface area contributed by atoms with Gasteiger partial charge in [-0.05, 0) is 44.6 Å². The molecule has 0 bridgehead atoms. The number of nitrogens with zero attached hydrogens (tertiary/aromatic N) is 3. The zero-order valence-corrected chi connectivity index (χ0v) is 14.5. The van der Waals surface area contributed by atoms with Crippen LogP contribution in [0.4, 0.5) is 4.39 Å². The minimum absolute atomic E-state index is 0.114. The van der Waals surface area contributed by atoms with Gasteiger partial charge in [-0.15, -0.1) is 0 Å². The lowest BCUT2D eigenvalue weighted by atomic mass is 9.93. The molecule has 6 heteroatoms. The molecule has 0 saturated carbocycles. The molecule has 1 aromatic carbocycles. The molecule has 2 heterocycles. The van der Waals surface area contributed by atoms with E-state index in [1.807, 2.05) is 0 Å². The summed E-state index contributed by atoms with van der Waals surface area (Å²) in [6.45, 7) is 5.48. The van der Waals surface area contributed by atoms with Gasteiger partial charge in [-0.3, -0.25) is 4.98 Å². The second-order valence-corrected chi connectivity index (χ2v) is 6.42. The fourth-order valence-electron chi connectivity index (χ4n) is 3.03. The van der Waals surface area contributed by atoms with E-state index in [4.69, 9.17) is 16.3 Å². The summed E-state index contributed by atoms with van der Waals surface area (Å²) in [5.41, 5.74) is 1.33. The molecule has 128 valence electrons. The van der Waals surface area contributed by atoms with Gasteiger partial charge in [-0.25, -0.2) is 9.37 Å². The van der Waals surface area contributed by atoms with E-state index in [0.29, 0.717) is 22.4 Å². The predicted octanol–water partition coefficient (Wildman–Crippen LogP) is 4.05. The topological polar surface area (TPSA) is 38.2 Å². The van der Waals surface area contributed by atoms with Crippen molar-refractivity contribution in [3.8, 4) is 5.88 Å². The van der Waals surface area contributed by atoms with Crippen LogP contribution in [0.15, 0.2) is 30.6 Å². The molecule has 3 rings (SSSR count).